The van der Waals surface area contributed by atoms with E-state index in [0.29, 0.717) is 12.8 Å². The molecule has 20 heavy (non-hydrogen) atoms. The van der Waals surface area contributed by atoms with Gasteiger partial charge in [-0.2, -0.15) is 0 Å². The second kappa shape index (κ2) is 4.31. The van der Waals surface area contributed by atoms with E-state index in [2.05, 4.69) is 0 Å². The highest BCUT2D eigenvalue weighted by molar-refractivity contribution is 6.21. The lowest BCUT2D eigenvalue weighted by Crippen LogP contribution is -2.52. The average molecular weight is 277 g/mol. The van der Waals surface area contributed by atoms with Gasteiger partial charge in [0.25, 0.3) is 11.8 Å². The molecule has 2 N–H and O–H groups in total. The lowest BCUT2D eigenvalue weighted by Gasteiger charge is -2.30. The van der Waals surface area contributed by atoms with Gasteiger partial charge in [0, 0.05) is 0 Å². The molecule has 2 unspecified atom stereocenters. The fraction of sp³-hybridized carbons (Fsp3) is 0.308. The zero-order valence-electron chi connectivity index (χ0n) is 10.3. The van der Waals surface area contributed by atoms with Gasteiger partial charge in [0.05, 0.1) is 11.3 Å². The maximum absolute atomic E-state index is 12.2. The summed E-state index contributed by atoms with van der Waals surface area (Å²) in [5.41, 5.74) is -0.335. The van der Waals surface area contributed by atoms with Crippen molar-refractivity contribution in [2.75, 3.05) is 4.90 Å². The van der Waals surface area contributed by atoms with Crippen LogP contribution in [0.4, 0.5) is 5.69 Å². The number of imide groups is 1. The molecule has 0 saturated carbocycles. The van der Waals surface area contributed by atoms with Crippen LogP contribution in [-0.4, -0.2) is 40.2 Å². The highest BCUT2D eigenvalue weighted by Crippen LogP contribution is 2.34. The van der Waals surface area contributed by atoms with E-state index in [9.17, 15) is 19.5 Å². The minimum absolute atomic E-state index is 0.0366. The number of carbonyl (C=O) groups excluding carboxylic acids is 2. The third-order valence-electron chi connectivity index (χ3n) is 3.46. The van der Waals surface area contributed by atoms with E-state index in [1.807, 2.05) is 0 Å². The molecule has 2 atom stereocenters. The number of carboxylic acid groups (broad SMARTS) is 1. The fourth-order valence-electron chi connectivity index (χ4n) is 2.52. The van der Waals surface area contributed by atoms with E-state index < -0.39 is 30.0 Å². The Morgan fingerprint density at radius 1 is 1.20 bits per heavy atom. The van der Waals surface area contributed by atoms with Crippen LogP contribution in [0.25, 0.3) is 0 Å². The Labute approximate surface area is 113 Å². The number of amides is 2. The number of carbonyl (C=O) groups is 3. The molecule has 7 heteroatoms. The van der Waals surface area contributed by atoms with Crippen LogP contribution in [0.3, 0.4) is 0 Å². The van der Waals surface area contributed by atoms with Gasteiger partial charge in [-0.05, 0) is 31.0 Å². The number of benzene rings is 1. The summed E-state index contributed by atoms with van der Waals surface area (Å²) < 4.78 is 5.26. The van der Waals surface area contributed by atoms with E-state index in [4.69, 9.17) is 9.84 Å². The van der Waals surface area contributed by atoms with Crippen molar-refractivity contribution in [2.45, 2.75) is 25.0 Å². The van der Waals surface area contributed by atoms with Crippen molar-refractivity contribution in [2.24, 2.45) is 0 Å². The molecule has 2 saturated heterocycles. The van der Waals surface area contributed by atoms with Gasteiger partial charge < -0.3 is 14.9 Å². The molecule has 1 aromatic carbocycles. The molecule has 0 aromatic heterocycles. The summed E-state index contributed by atoms with van der Waals surface area (Å²) >= 11 is 0. The maximum Gasteiger partial charge on any atom is 0.337 e. The maximum atomic E-state index is 12.2. The van der Waals surface area contributed by atoms with E-state index in [1.54, 1.807) is 0 Å². The largest absolute Gasteiger partial charge is 0.508 e. The molecule has 2 heterocycles. The van der Waals surface area contributed by atoms with Gasteiger partial charge in [-0.25, -0.2) is 9.69 Å². The van der Waals surface area contributed by atoms with Gasteiger partial charge in [0.2, 0.25) is 0 Å². The molecule has 2 amide bonds. The molecule has 2 fully saturated rings. The van der Waals surface area contributed by atoms with E-state index in [1.165, 1.54) is 12.1 Å². The third-order valence-corrected chi connectivity index (χ3v) is 3.46. The number of carboxylic acids is 1. The van der Waals surface area contributed by atoms with E-state index in [-0.39, 0.29) is 17.0 Å². The highest BCUT2D eigenvalue weighted by Gasteiger charge is 2.47. The Hall–Kier alpha value is -2.41. The Bertz CT molecular complexity index is 603. The fourth-order valence-corrected chi connectivity index (χ4v) is 2.52. The lowest BCUT2D eigenvalue weighted by atomic mass is 10.1. The molecular formula is C13H11NO6. The molecule has 2 aliphatic rings. The number of aromatic hydroxyl groups is 1. The zero-order valence-corrected chi connectivity index (χ0v) is 10.3. The molecule has 104 valence electrons. The Morgan fingerprint density at radius 2 is 1.80 bits per heavy atom. The van der Waals surface area contributed by atoms with Crippen LogP contribution < -0.4 is 4.90 Å². The predicted molar refractivity (Wildman–Crippen MR) is 65.5 cm³/mol. The Balaban J connectivity index is 2.10. The first-order valence-electron chi connectivity index (χ1n) is 6.08. The topological polar surface area (TPSA) is 104 Å². The van der Waals surface area contributed by atoms with Gasteiger partial charge in [0.15, 0.2) is 0 Å². The summed E-state index contributed by atoms with van der Waals surface area (Å²) in [7, 11) is 0. The number of rotatable bonds is 2. The minimum Gasteiger partial charge on any atom is -0.508 e. The van der Waals surface area contributed by atoms with Crippen molar-refractivity contribution in [3.8, 4) is 5.75 Å². The Kier molecular flexibility index (Phi) is 2.72. The van der Waals surface area contributed by atoms with Gasteiger partial charge in [-0.15, -0.1) is 0 Å². The molecule has 0 aliphatic carbocycles. The van der Waals surface area contributed by atoms with Crippen LogP contribution in [-0.2, 0) is 14.3 Å². The molecule has 7 nitrogen and oxygen atoms in total. The molecule has 3 rings (SSSR count). The highest BCUT2D eigenvalue weighted by atomic mass is 16.5. The summed E-state index contributed by atoms with van der Waals surface area (Å²) in [6.45, 7) is 0. The van der Waals surface area contributed by atoms with Crippen molar-refractivity contribution in [1.29, 1.82) is 0 Å². The van der Waals surface area contributed by atoms with E-state index in [0.717, 1.165) is 11.0 Å². The van der Waals surface area contributed by atoms with Crippen LogP contribution in [0, 0.1) is 0 Å². The summed E-state index contributed by atoms with van der Waals surface area (Å²) in [5.74, 6) is -2.69. The predicted octanol–water partition coefficient (Wildman–Crippen LogP) is 0.511. The van der Waals surface area contributed by atoms with Crippen LogP contribution in [0.15, 0.2) is 18.2 Å². The minimum atomic E-state index is -1.32. The van der Waals surface area contributed by atoms with Crippen LogP contribution in [0.5, 0.6) is 5.75 Å². The molecule has 0 radical (unpaired) electrons. The van der Waals surface area contributed by atoms with Crippen molar-refractivity contribution < 1.29 is 29.3 Å². The van der Waals surface area contributed by atoms with Crippen LogP contribution in [0.2, 0.25) is 0 Å². The Morgan fingerprint density at radius 3 is 2.35 bits per heavy atom. The monoisotopic (exact) mass is 277 g/mol. The van der Waals surface area contributed by atoms with Gasteiger partial charge in [-0.3, -0.25) is 9.59 Å². The van der Waals surface area contributed by atoms with Gasteiger partial charge >= 0.3 is 5.97 Å². The molecule has 2 aliphatic heterocycles. The SMILES string of the molecule is O=C(O)c1cc(O)ccc1N1C(=O)C2CCC(O2)C1=O. The number of morpholine rings is 1. The first kappa shape index (κ1) is 12.6. The lowest BCUT2D eigenvalue weighted by molar-refractivity contribution is -0.146. The van der Waals surface area contributed by atoms with Crippen molar-refractivity contribution >= 4 is 23.5 Å². The van der Waals surface area contributed by atoms with E-state index >= 15 is 0 Å². The smallest absolute Gasteiger partial charge is 0.337 e. The second-order valence-corrected chi connectivity index (χ2v) is 4.71. The number of phenolic OH excluding ortho intramolecular Hbond substituents is 1. The molecule has 1 aromatic rings. The number of ether oxygens (including phenoxy) is 1. The number of fused-ring (bicyclic) bond motifs is 2. The quantitative estimate of drug-likeness (QED) is 0.763. The van der Waals surface area contributed by atoms with Crippen molar-refractivity contribution in [3.63, 3.8) is 0 Å². The zero-order chi connectivity index (χ0) is 14.4. The second-order valence-electron chi connectivity index (χ2n) is 4.71. The summed E-state index contributed by atoms with van der Waals surface area (Å²) in [5, 5.41) is 18.5. The first-order valence-corrected chi connectivity index (χ1v) is 6.08. The molecular weight excluding hydrogens is 266 g/mol. The summed E-state index contributed by atoms with van der Waals surface area (Å²) in [6.07, 6.45) is -0.500. The number of nitrogens with zero attached hydrogens (tertiary/aromatic N) is 1. The molecule has 2 bridgehead atoms. The summed E-state index contributed by atoms with van der Waals surface area (Å²) in [4.78, 5) is 36.4. The van der Waals surface area contributed by atoms with Gasteiger partial charge in [-0.1, -0.05) is 0 Å². The third kappa shape index (κ3) is 1.75. The number of hydrogen-bond donors (Lipinski definition) is 2. The normalized spacial score (nSPS) is 25.1. The molecule has 0 spiro atoms. The van der Waals surface area contributed by atoms with Crippen molar-refractivity contribution in [3.05, 3.63) is 23.8 Å². The number of aromatic carboxylic acids is 1. The van der Waals surface area contributed by atoms with Crippen molar-refractivity contribution in [1.82, 2.24) is 0 Å². The summed E-state index contributed by atoms with van der Waals surface area (Å²) in [6, 6.07) is 3.49. The first-order chi connectivity index (χ1) is 9.49. The number of phenols is 1. The number of anilines is 1. The average Bonchev–Trinajstić information content (AvgIpc) is 2.85. The van der Waals surface area contributed by atoms with Crippen LogP contribution in [0.1, 0.15) is 23.2 Å². The standard InChI is InChI=1S/C13H11NO6/c15-6-1-2-8(7(5-6)13(18)19)14-11(16)9-3-4-10(20-9)12(14)17/h1-2,5,9-10,15H,3-4H2,(H,18,19). The van der Waals surface area contributed by atoms with Crippen LogP contribution >= 0.6 is 0 Å². The van der Waals surface area contributed by atoms with Gasteiger partial charge in [0.1, 0.15) is 18.0 Å². The number of hydrogen-bond acceptors (Lipinski definition) is 5.